The second kappa shape index (κ2) is 9.28. The highest BCUT2D eigenvalue weighted by Crippen LogP contribution is 2.37. The van der Waals surface area contributed by atoms with Gasteiger partial charge in [-0.05, 0) is 41.7 Å². The van der Waals surface area contributed by atoms with E-state index in [1.165, 1.54) is 12.1 Å². The van der Waals surface area contributed by atoms with Crippen molar-refractivity contribution in [1.82, 2.24) is 9.80 Å². The highest BCUT2D eigenvalue weighted by Gasteiger charge is 2.31. The Morgan fingerprint density at radius 3 is 2.75 bits per heavy atom. The van der Waals surface area contributed by atoms with E-state index in [4.69, 9.17) is 16.0 Å². The molecule has 1 unspecified atom stereocenters. The molecular weight excluding hydrogens is 430 g/mol. The first-order valence-corrected chi connectivity index (χ1v) is 10.9. The number of anilines is 1. The van der Waals surface area contributed by atoms with Crippen LogP contribution in [0, 0.1) is 0 Å². The minimum Gasteiger partial charge on any atom is -0.506 e. The molecule has 2 N–H and O–H groups in total. The largest absolute Gasteiger partial charge is 0.506 e. The van der Waals surface area contributed by atoms with Crippen LogP contribution in [-0.4, -0.2) is 52.9 Å². The van der Waals surface area contributed by atoms with Gasteiger partial charge in [0.2, 0.25) is 5.91 Å². The van der Waals surface area contributed by atoms with Gasteiger partial charge in [-0.15, -0.1) is 0 Å². The number of nitrogens with one attached hydrogen (secondary N) is 1. The van der Waals surface area contributed by atoms with Gasteiger partial charge in [0, 0.05) is 31.2 Å². The molecule has 1 aromatic heterocycles. The first-order valence-electron chi connectivity index (χ1n) is 10.6. The number of carbonyl (C=O) groups excluding carboxylic acids is 2. The molecule has 0 radical (unpaired) electrons. The average molecular weight is 460 g/mol. The lowest BCUT2D eigenvalue weighted by molar-refractivity contribution is -0.125. The molecular formula is C24H30ClN3O4. The number of nitrogens with zero attached hydrogens (tertiary/aromatic N) is 2. The SMILES string of the molecule is C=CC(=O)N1CCC(N(C)C(=O)c2ccc(CNc3cc(C(C)(C)C)c(Cl)cc3O)o2)C1. The Labute approximate surface area is 193 Å². The van der Waals surface area contributed by atoms with Gasteiger partial charge in [-0.2, -0.15) is 0 Å². The number of amides is 2. The Morgan fingerprint density at radius 1 is 1.38 bits per heavy atom. The van der Waals surface area contributed by atoms with Crippen molar-refractivity contribution in [3.63, 3.8) is 0 Å². The molecule has 2 heterocycles. The maximum Gasteiger partial charge on any atom is 0.289 e. The topological polar surface area (TPSA) is 86.0 Å². The summed E-state index contributed by atoms with van der Waals surface area (Å²) in [5.41, 5.74) is 1.28. The van der Waals surface area contributed by atoms with Crippen LogP contribution >= 0.6 is 11.6 Å². The molecule has 172 valence electrons. The Hall–Kier alpha value is -2.93. The molecule has 0 saturated carbocycles. The number of phenolic OH excluding ortho intramolecular Hbond substituents is 1. The summed E-state index contributed by atoms with van der Waals surface area (Å²) in [7, 11) is 1.72. The highest BCUT2D eigenvalue weighted by molar-refractivity contribution is 6.31. The number of hydrogen-bond donors (Lipinski definition) is 2. The van der Waals surface area contributed by atoms with E-state index < -0.39 is 0 Å². The van der Waals surface area contributed by atoms with Crippen molar-refractivity contribution in [2.45, 2.75) is 45.2 Å². The summed E-state index contributed by atoms with van der Waals surface area (Å²) in [6.07, 6.45) is 2.00. The van der Waals surface area contributed by atoms with E-state index in [-0.39, 0.29) is 34.8 Å². The van der Waals surface area contributed by atoms with E-state index in [9.17, 15) is 14.7 Å². The number of carbonyl (C=O) groups is 2. The molecule has 0 aliphatic carbocycles. The zero-order valence-corrected chi connectivity index (χ0v) is 19.7. The van der Waals surface area contributed by atoms with Crippen LogP contribution in [0.2, 0.25) is 5.02 Å². The van der Waals surface area contributed by atoms with Crippen molar-refractivity contribution in [2.24, 2.45) is 0 Å². The van der Waals surface area contributed by atoms with Gasteiger partial charge in [0.25, 0.3) is 5.91 Å². The van der Waals surface area contributed by atoms with E-state index in [0.717, 1.165) is 5.56 Å². The van der Waals surface area contributed by atoms with Crippen molar-refractivity contribution in [2.75, 3.05) is 25.5 Å². The number of furan rings is 1. The number of hydrogen-bond acceptors (Lipinski definition) is 5. The van der Waals surface area contributed by atoms with Crippen LogP contribution < -0.4 is 5.32 Å². The molecule has 8 heteroatoms. The van der Waals surface area contributed by atoms with Crippen molar-refractivity contribution in [3.8, 4) is 5.75 Å². The van der Waals surface area contributed by atoms with Gasteiger partial charge in [0.15, 0.2) is 5.76 Å². The number of benzene rings is 1. The zero-order chi connectivity index (χ0) is 23.6. The first kappa shape index (κ1) is 23.7. The summed E-state index contributed by atoms with van der Waals surface area (Å²) in [4.78, 5) is 27.9. The number of rotatable bonds is 6. The normalized spacial score (nSPS) is 16.2. The number of aromatic hydroxyl groups is 1. The molecule has 2 aromatic rings. The van der Waals surface area contributed by atoms with Gasteiger partial charge in [-0.1, -0.05) is 39.0 Å². The third kappa shape index (κ3) is 5.10. The van der Waals surface area contributed by atoms with Crippen molar-refractivity contribution in [1.29, 1.82) is 0 Å². The minimum atomic E-state index is -0.237. The molecule has 0 bridgehead atoms. The molecule has 1 atom stereocenters. The van der Waals surface area contributed by atoms with Crippen LogP contribution in [0.4, 0.5) is 5.69 Å². The average Bonchev–Trinajstić information content (AvgIpc) is 3.40. The molecule has 3 rings (SSSR count). The molecule has 1 saturated heterocycles. The summed E-state index contributed by atoms with van der Waals surface area (Å²) in [5.74, 6) is 0.473. The van der Waals surface area contributed by atoms with Crippen molar-refractivity contribution < 1.29 is 19.1 Å². The molecule has 0 spiro atoms. The molecule has 1 fully saturated rings. The van der Waals surface area contributed by atoms with Gasteiger partial charge in [-0.3, -0.25) is 9.59 Å². The van der Waals surface area contributed by atoms with E-state index in [1.807, 2.05) is 26.8 Å². The van der Waals surface area contributed by atoms with Crippen molar-refractivity contribution >= 4 is 29.1 Å². The lowest BCUT2D eigenvalue weighted by Crippen LogP contribution is -2.39. The second-order valence-corrected chi connectivity index (χ2v) is 9.47. The maximum absolute atomic E-state index is 12.8. The highest BCUT2D eigenvalue weighted by atomic mass is 35.5. The fourth-order valence-corrected chi connectivity index (χ4v) is 4.22. The summed E-state index contributed by atoms with van der Waals surface area (Å²) >= 11 is 6.28. The van der Waals surface area contributed by atoms with Gasteiger partial charge >= 0.3 is 0 Å². The predicted molar refractivity (Wildman–Crippen MR) is 125 cm³/mol. The van der Waals surface area contributed by atoms with E-state index >= 15 is 0 Å². The molecule has 1 aliphatic rings. The zero-order valence-electron chi connectivity index (χ0n) is 18.9. The maximum atomic E-state index is 12.8. The summed E-state index contributed by atoms with van der Waals surface area (Å²) in [5, 5.41) is 13.9. The number of likely N-dealkylation sites (tertiary alicyclic amines) is 1. The van der Waals surface area contributed by atoms with Gasteiger partial charge in [0.1, 0.15) is 11.5 Å². The smallest absolute Gasteiger partial charge is 0.289 e. The third-order valence-electron chi connectivity index (χ3n) is 5.74. The first-order chi connectivity index (χ1) is 15.0. The van der Waals surface area contributed by atoms with Crippen LogP contribution in [0.1, 0.15) is 49.1 Å². The molecule has 32 heavy (non-hydrogen) atoms. The molecule has 7 nitrogen and oxygen atoms in total. The van der Waals surface area contributed by atoms with E-state index in [0.29, 0.717) is 42.5 Å². The fourth-order valence-electron chi connectivity index (χ4n) is 3.78. The van der Waals surface area contributed by atoms with Gasteiger partial charge in [-0.25, -0.2) is 0 Å². The van der Waals surface area contributed by atoms with Gasteiger partial charge in [0.05, 0.1) is 18.3 Å². The van der Waals surface area contributed by atoms with Gasteiger partial charge < -0.3 is 24.6 Å². The quantitative estimate of drug-likeness (QED) is 0.493. The van der Waals surface area contributed by atoms with Crippen LogP contribution in [0.25, 0.3) is 0 Å². The van der Waals surface area contributed by atoms with E-state index in [2.05, 4.69) is 11.9 Å². The Kier molecular flexibility index (Phi) is 6.88. The van der Waals surface area contributed by atoms with Crippen LogP contribution in [-0.2, 0) is 16.8 Å². The monoisotopic (exact) mass is 459 g/mol. The lowest BCUT2D eigenvalue weighted by atomic mass is 9.86. The second-order valence-electron chi connectivity index (χ2n) is 9.07. The standard InChI is InChI=1S/C24H30ClN3O4/c1-6-22(30)28-10-9-15(14-28)27(5)23(31)21-8-7-16(32-21)13-26-19-11-17(24(2,3)4)18(25)12-20(19)29/h6-8,11-12,15,26,29H,1,9-10,13-14H2,2-5H3. The fraction of sp³-hybridized carbons (Fsp3) is 0.417. The van der Waals surface area contributed by atoms with Crippen molar-refractivity contribution in [3.05, 3.63) is 59.0 Å². The Morgan fingerprint density at radius 2 is 2.09 bits per heavy atom. The molecule has 2 amide bonds. The summed E-state index contributed by atoms with van der Waals surface area (Å²) in [6, 6.07) is 6.66. The molecule has 1 aliphatic heterocycles. The Bertz CT molecular complexity index is 1020. The summed E-state index contributed by atoms with van der Waals surface area (Å²) in [6.45, 7) is 11.0. The number of likely N-dealkylation sites (N-methyl/N-ethyl adjacent to an activating group) is 1. The predicted octanol–water partition coefficient (Wildman–Crippen LogP) is 4.41. The number of halogens is 1. The lowest BCUT2D eigenvalue weighted by Gasteiger charge is -2.23. The van der Waals surface area contributed by atoms with Crippen LogP contribution in [0.15, 0.2) is 41.3 Å². The number of phenols is 1. The summed E-state index contributed by atoms with van der Waals surface area (Å²) < 4.78 is 5.75. The third-order valence-corrected chi connectivity index (χ3v) is 6.05. The Balaban J connectivity index is 1.65. The van der Waals surface area contributed by atoms with Crippen LogP contribution in [0.5, 0.6) is 5.75 Å². The molecule has 1 aromatic carbocycles. The van der Waals surface area contributed by atoms with E-state index in [1.54, 1.807) is 29.0 Å². The van der Waals surface area contributed by atoms with Crippen LogP contribution in [0.3, 0.4) is 0 Å². The minimum absolute atomic E-state index is 0.0467.